The molecule has 0 bridgehead atoms. The lowest BCUT2D eigenvalue weighted by atomic mass is 10.2. The molecule has 0 saturated heterocycles. The van der Waals surface area contributed by atoms with Gasteiger partial charge in [0, 0.05) is 18.3 Å². The minimum Gasteiger partial charge on any atom is -0.487 e. The summed E-state index contributed by atoms with van der Waals surface area (Å²) in [6.07, 6.45) is 1.46. The molecule has 0 spiro atoms. The molecule has 0 unspecified atom stereocenters. The number of nitro groups is 1. The number of hydrogen-bond donors (Lipinski definition) is 1. The lowest BCUT2D eigenvalue weighted by molar-refractivity contribution is -0.385. The Hall–Kier alpha value is -2.90. The van der Waals surface area contributed by atoms with Gasteiger partial charge in [-0.2, -0.15) is 5.10 Å². The van der Waals surface area contributed by atoms with Gasteiger partial charge in [-0.3, -0.25) is 10.1 Å². The maximum atomic E-state index is 10.9. The highest BCUT2D eigenvalue weighted by Gasteiger charge is 2.16. The molecule has 0 radical (unpaired) electrons. The van der Waals surface area contributed by atoms with Gasteiger partial charge in [0.05, 0.1) is 17.2 Å². The maximum absolute atomic E-state index is 10.9. The number of nitrogens with zero attached hydrogens (tertiary/aromatic N) is 3. The van der Waals surface area contributed by atoms with Gasteiger partial charge in [0.2, 0.25) is 0 Å². The molecule has 2 rings (SSSR count). The van der Waals surface area contributed by atoms with Crippen molar-refractivity contribution in [3.63, 3.8) is 0 Å². The van der Waals surface area contributed by atoms with Crippen LogP contribution >= 0.6 is 0 Å². The van der Waals surface area contributed by atoms with E-state index in [-0.39, 0.29) is 23.7 Å². The van der Waals surface area contributed by atoms with Crippen LogP contribution in [-0.2, 0) is 0 Å². The summed E-state index contributed by atoms with van der Waals surface area (Å²) >= 11 is 0. The number of carboxylic acid groups (broad SMARTS) is 1. The van der Waals surface area contributed by atoms with Crippen LogP contribution in [0.2, 0.25) is 0 Å². The van der Waals surface area contributed by atoms with Crippen LogP contribution in [0.5, 0.6) is 5.75 Å². The molecule has 8 heteroatoms. The van der Waals surface area contributed by atoms with E-state index in [1.54, 1.807) is 6.92 Å². The van der Waals surface area contributed by atoms with Crippen LogP contribution in [0.15, 0.2) is 30.5 Å². The first-order valence-corrected chi connectivity index (χ1v) is 5.73. The Morgan fingerprint density at radius 1 is 1.50 bits per heavy atom. The van der Waals surface area contributed by atoms with Gasteiger partial charge in [-0.1, -0.05) is 0 Å². The number of benzene rings is 1. The Kier molecular flexibility index (Phi) is 3.65. The molecule has 1 N–H and O–H groups in total. The normalized spacial score (nSPS) is 10.2. The highest BCUT2D eigenvalue weighted by molar-refractivity contribution is 5.85. The summed E-state index contributed by atoms with van der Waals surface area (Å²) in [6.45, 7) is 2.00. The first-order valence-electron chi connectivity index (χ1n) is 5.73. The summed E-state index contributed by atoms with van der Waals surface area (Å²) in [7, 11) is 0. The number of aromatic nitrogens is 2. The molecule has 8 nitrogen and oxygen atoms in total. The Balaban J connectivity index is 2.44. The number of carboxylic acids is 1. The van der Waals surface area contributed by atoms with Gasteiger partial charge in [-0.15, -0.1) is 0 Å². The summed E-state index contributed by atoms with van der Waals surface area (Å²) in [4.78, 5) is 21.1. The predicted molar refractivity (Wildman–Crippen MR) is 68.3 cm³/mol. The molecule has 1 aromatic heterocycles. The summed E-state index contributed by atoms with van der Waals surface area (Å²) in [6, 6.07) is 5.55. The number of nitro benzene ring substituents is 1. The molecule has 0 aliphatic carbocycles. The molecule has 0 fully saturated rings. The van der Waals surface area contributed by atoms with E-state index in [4.69, 9.17) is 9.84 Å². The topological polar surface area (TPSA) is 107 Å². The zero-order valence-electron chi connectivity index (χ0n) is 10.5. The Morgan fingerprint density at radius 3 is 2.80 bits per heavy atom. The van der Waals surface area contributed by atoms with E-state index in [0.29, 0.717) is 5.69 Å². The molecular weight excluding hydrogens is 266 g/mol. The summed E-state index contributed by atoms with van der Waals surface area (Å²) in [5.74, 6) is -1.03. The average molecular weight is 277 g/mol. The van der Waals surface area contributed by atoms with Gasteiger partial charge in [-0.25, -0.2) is 9.48 Å². The SMILES string of the molecule is CCOc1cc(-n2ccc(C(=O)O)n2)ccc1[N+](=O)[O-]. The predicted octanol–water partition coefficient (Wildman–Crippen LogP) is 1.88. The maximum Gasteiger partial charge on any atom is 0.356 e. The van der Waals surface area contributed by atoms with Crippen molar-refractivity contribution in [3.05, 3.63) is 46.3 Å². The Bertz CT molecular complexity index is 665. The quantitative estimate of drug-likeness (QED) is 0.660. The fourth-order valence-corrected chi connectivity index (χ4v) is 1.65. The van der Waals surface area contributed by atoms with Crippen LogP contribution in [0.25, 0.3) is 5.69 Å². The molecule has 0 amide bonds. The van der Waals surface area contributed by atoms with E-state index in [1.807, 2.05) is 0 Å². The van der Waals surface area contributed by atoms with E-state index in [1.165, 1.54) is 35.1 Å². The highest BCUT2D eigenvalue weighted by atomic mass is 16.6. The zero-order chi connectivity index (χ0) is 14.7. The van der Waals surface area contributed by atoms with Gasteiger partial charge >= 0.3 is 11.7 Å². The van der Waals surface area contributed by atoms with Gasteiger partial charge in [0.1, 0.15) is 0 Å². The van der Waals surface area contributed by atoms with Crippen molar-refractivity contribution in [2.75, 3.05) is 6.61 Å². The second-order valence-electron chi connectivity index (χ2n) is 3.79. The summed E-state index contributed by atoms with van der Waals surface area (Å²) in [5, 5.41) is 23.5. The van der Waals surface area contributed by atoms with E-state index >= 15 is 0 Å². The third-order valence-corrected chi connectivity index (χ3v) is 2.51. The molecule has 20 heavy (non-hydrogen) atoms. The first-order chi connectivity index (χ1) is 9.52. The van der Waals surface area contributed by atoms with Crippen LogP contribution in [0.4, 0.5) is 5.69 Å². The first kappa shape index (κ1) is 13.5. The molecule has 2 aromatic rings. The van der Waals surface area contributed by atoms with Crippen molar-refractivity contribution in [2.24, 2.45) is 0 Å². The van der Waals surface area contributed by atoms with Crippen molar-refractivity contribution in [3.8, 4) is 11.4 Å². The average Bonchev–Trinajstić information content (AvgIpc) is 2.88. The zero-order valence-corrected chi connectivity index (χ0v) is 10.5. The minimum atomic E-state index is -1.14. The monoisotopic (exact) mass is 277 g/mol. The van der Waals surface area contributed by atoms with Crippen LogP contribution in [0, 0.1) is 10.1 Å². The van der Waals surface area contributed by atoms with E-state index in [2.05, 4.69) is 5.10 Å². The van der Waals surface area contributed by atoms with Crippen molar-refractivity contribution >= 4 is 11.7 Å². The molecule has 0 saturated carbocycles. The second kappa shape index (κ2) is 5.39. The number of carbonyl (C=O) groups is 1. The van der Waals surface area contributed by atoms with Gasteiger partial charge < -0.3 is 9.84 Å². The third-order valence-electron chi connectivity index (χ3n) is 2.51. The van der Waals surface area contributed by atoms with Crippen molar-refractivity contribution in [1.29, 1.82) is 0 Å². The highest BCUT2D eigenvalue weighted by Crippen LogP contribution is 2.29. The van der Waals surface area contributed by atoms with Crippen LogP contribution in [0.3, 0.4) is 0 Å². The van der Waals surface area contributed by atoms with Gasteiger partial charge in [0.25, 0.3) is 0 Å². The van der Waals surface area contributed by atoms with Crippen molar-refractivity contribution in [2.45, 2.75) is 6.92 Å². The van der Waals surface area contributed by atoms with E-state index < -0.39 is 10.9 Å². The fourth-order valence-electron chi connectivity index (χ4n) is 1.65. The third kappa shape index (κ3) is 2.58. The van der Waals surface area contributed by atoms with Crippen LogP contribution in [-0.4, -0.2) is 32.4 Å². The lowest BCUT2D eigenvalue weighted by Crippen LogP contribution is -2.03. The molecule has 0 aliphatic heterocycles. The number of aromatic carboxylic acids is 1. The van der Waals surface area contributed by atoms with Crippen molar-refractivity contribution in [1.82, 2.24) is 9.78 Å². The molecular formula is C12H11N3O5. The molecule has 1 aromatic carbocycles. The summed E-state index contributed by atoms with van der Waals surface area (Å²) in [5.41, 5.74) is 0.217. The Labute approximate surface area is 113 Å². The smallest absolute Gasteiger partial charge is 0.356 e. The second-order valence-corrected chi connectivity index (χ2v) is 3.79. The standard InChI is InChI=1S/C12H11N3O5/c1-2-20-11-7-8(3-4-10(11)15(18)19)14-6-5-9(13-14)12(16)17/h3-7H,2H2,1H3,(H,16,17). The largest absolute Gasteiger partial charge is 0.487 e. The van der Waals surface area contributed by atoms with Crippen molar-refractivity contribution < 1.29 is 19.6 Å². The molecule has 1 heterocycles. The number of ether oxygens (including phenoxy) is 1. The van der Waals surface area contributed by atoms with Gasteiger partial charge in [-0.05, 0) is 19.1 Å². The van der Waals surface area contributed by atoms with E-state index in [9.17, 15) is 14.9 Å². The van der Waals surface area contributed by atoms with E-state index in [0.717, 1.165) is 0 Å². The Morgan fingerprint density at radius 2 is 2.25 bits per heavy atom. The molecule has 0 aliphatic rings. The fraction of sp³-hybridized carbons (Fsp3) is 0.167. The summed E-state index contributed by atoms with van der Waals surface area (Å²) < 4.78 is 6.53. The minimum absolute atomic E-state index is 0.110. The van der Waals surface area contributed by atoms with Crippen LogP contribution in [0.1, 0.15) is 17.4 Å². The van der Waals surface area contributed by atoms with Crippen LogP contribution < -0.4 is 4.74 Å². The number of hydrogen-bond acceptors (Lipinski definition) is 5. The molecule has 104 valence electrons. The number of rotatable bonds is 5. The lowest BCUT2D eigenvalue weighted by Gasteiger charge is -2.07. The molecule has 0 atom stereocenters. The van der Waals surface area contributed by atoms with Gasteiger partial charge in [0.15, 0.2) is 11.4 Å².